The van der Waals surface area contributed by atoms with Gasteiger partial charge in [-0.05, 0) is 18.6 Å². The lowest BCUT2D eigenvalue weighted by Crippen LogP contribution is -2.12. The molecule has 0 aliphatic rings. The second kappa shape index (κ2) is 12.9. The first-order chi connectivity index (χ1) is 11.2. The smallest absolute Gasteiger partial charge is 0.225 e. The fourth-order valence-electron chi connectivity index (χ4n) is 2.68. The molecule has 3 N–H and O–H groups in total. The van der Waals surface area contributed by atoms with Crippen molar-refractivity contribution in [1.82, 2.24) is 4.98 Å². The molecule has 0 atom stereocenters. The average molecular weight is 319 g/mol. The van der Waals surface area contributed by atoms with E-state index in [-0.39, 0.29) is 5.91 Å². The largest absolute Gasteiger partial charge is 0.384 e. The Balaban J connectivity index is 1.91. The molecule has 0 fully saturated rings. The van der Waals surface area contributed by atoms with Gasteiger partial charge in [-0.3, -0.25) is 4.79 Å². The summed E-state index contributed by atoms with van der Waals surface area (Å²) in [6.07, 6.45) is 14.8. The Morgan fingerprint density at radius 3 is 2.09 bits per heavy atom. The summed E-state index contributed by atoms with van der Waals surface area (Å²) < 4.78 is 0. The summed E-state index contributed by atoms with van der Waals surface area (Å²) in [5.41, 5.74) is 5.59. The van der Waals surface area contributed by atoms with Crippen molar-refractivity contribution >= 4 is 17.5 Å². The molecular formula is C19H33N3O. The number of hydrogen-bond donors (Lipinski definition) is 2. The van der Waals surface area contributed by atoms with Crippen molar-refractivity contribution in [2.75, 3.05) is 11.1 Å². The molecule has 130 valence electrons. The first-order valence-corrected chi connectivity index (χ1v) is 9.24. The van der Waals surface area contributed by atoms with E-state index in [1.165, 1.54) is 57.8 Å². The number of hydrogen-bond acceptors (Lipinski definition) is 3. The molecule has 0 aliphatic carbocycles. The fourth-order valence-corrected chi connectivity index (χ4v) is 2.68. The molecule has 0 spiro atoms. The number of carbonyl (C=O) groups is 1. The van der Waals surface area contributed by atoms with Crippen molar-refractivity contribution in [3.63, 3.8) is 0 Å². The van der Waals surface area contributed by atoms with E-state index >= 15 is 0 Å². The number of carbonyl (C=O) groups excluding carboxylic acids is 1. The van der Waals surface area contributed by atoms with Crippen LogP contribution in [-0.2, 0) is 4.79 Å². The molecule has 1 aromatic rings. The molecule has 1 heterocycles. The molecule has 0 aliphatic heterocycles. The van der Waals surface area contributed by atoms with E-state index in [2.05, 4.69) is 17.2 Å². The lowest BCUT2D eigenvalue weighted by Gasteiger charge is -2.05. The molecule has 1 amide bonds. The zero-order chi connectivity index (χ0) is 16.8. The lowest BCUT2D eigenvalue weighted by atomic mass is 10.1. The molecule has 0 saturated heterocycles. The molecule has 0 bridgehead atoms. The summed E-state index contributed by atoms with van der Waals surface area (Å²) in [6, 6.07) is 5.26. The maximum atomic E-state index is 11.8. The quantitative estimate of drug-likeness (QED) is 0.484. The summed E-state index contributed by atoms with van der Waals surface area (Å²) in [5.74, 6) is 0.995. The first-order valence-electron chi connectivity index (χ1n) is 9.24. The van der Waals surface area contributed by atoms with Gasteiger partial charge < -0.3 is 11.1 Å². The van der Waals surface area contributed by atoms with Crippen LogP contribution in [0.1, 0.15) is 84.0 Å². The Kier molecular flexibility index (Phi) is 10.9. The van der Waals surface area contributed by atoms with E-state index in [1.807, 2.05) is 0 Å². The van der Waals surface area contributed by atoms with Gasteiger partial charge in [0, 0.05) is 6.42 Å². The number of amides is 1. The molecular weight excluding hydrogens is 286 g/mol. The third kappa shape index (κ3) is 10.7. The van der Waals surface area contributed by atoms with E-state index in [0.29, 0.717) is 18.1 Å². The number of anilines is 2. The van der Waals surface area contributed by atoms with Crippen molar-refractivity contribution in [1.29, 1.82) is 0 Å². The number of pyridine rings is 1. The van der Waals surface area contributed by atoms with Gasteiger partial charge in [-0.15, -0.1) is 0 Å². The summed E-state index contributed by atoms with van der Waals surface area (Å²) in [5, 5.41) is 2.79. The van der Waals surface area contributed by atoms with Crippen LogP contribution in [0.2, 0.25) is 0 Å². The van der Waals surface area contributed by atoms with Crippen LogP contribution in [0.4, 0.5) is 11.6 Å². The number of rotatable bonds is 13. The Labute approximate surface area is 141 Å². The maximum absolute atomic E-state index is 11.8. The van der Waals surface area contributed by atoms with Gasteiger partial charge in [0.15, 0.2) is 0 Å². The van der Waals surface area contributed by atoms with Gasteiger partial charge in [-0.1, -0.05) is 77.2 Å². The number of nitrogens with zero attached hydrogens (tertiary/aromatic N) is 1. The molecule has 4 heteroatoms. The lowest BCUT2D eigenvalue weighted by molar-refractivity contribution is -0.116. The zero-order valence-electron chi connectivity index (χ0n) is 14.7. The number of nitrogen functional groups attached to an aromatic ring is 1. The van der Waals surface area contributed by atoms with Crippen molar-refractivity contribution in [3.8, 4) is 0 Å². The highest BCUT2D eigenvalue weighted by Gasteiger charge is 2.03. The number of nitrogens with two attached hydrogens (primary N) is 1. The monoisotopic (exact) mass is 319 g/mol. The SMILES string of the molecule is CCCCCCCCCCCCCC(=O)Nc1cccc(N)n1. The second-order valence-corrected chi connectivity index (χ2v) is 6.28. The molecule has 0 aromatic carbocycles. The number of unbranched alkanes of at least 4 members (excludes halogenated alkanes) is 10. The summed E-state index contributed by atoms with van der Waals surface area (Å²) in [6.45, 7) is 2.26. The highest BCUT2D eigenvalue weighted by molar-refractivity contribution is 5.89. The number of aromatic nitrogens is 1. The van der Waals surface area contributed by atoms with Crippen LogP contribution < -0.4 is 11.1 Å². The van der Waals surface area contributed by atoms with E-state index < -0.39 is 0 Å². The molecule has 1 aromatic heterocycles. The Hall–Kier alpha value is -1.58. The Morgan fingerprint density at radius 2 is 1.52 bits per heavy atom. The topological polar surface area (TPSA) is 68.0 Å². The van der Waals surface area contributed by atoms with Crippen molar-refractivity contribution in [2.45, 2.75) is 84.0 Å². The normalized spacial score (nSPS) is 10.7. The van der Waals surface area contributed by atoms with Crippen LogP contribution >= 0.6 is 0 Å². The highest BCUT2D eigenvalue weighted by Crippen LogP contribution is 2.12. The Bertz CT molecular complexity index is 434. The van der Waals surface area contributed by atoms with Crippen LogP contribution in [-0.4, -0.2) is 10.9 Å². The van der Waals surface area contributed by atoms with Crippen LogP contribution in [0.25, 0.3) is 0 Å². The predicted octanol–water partition coefficient (Wildman–Crippen LogP) is 5.30. The molecule has 1 rings (SSSR count). The van der Waals surface area contributed by atoms with Gasteiger partial charge in [-0.25, -0.2) is 4.98 Å². The van der Waals surface area contributed by atoms with Gasteiger partial charge in [0.05, 0.1) is 0 Å². The van der Waals surface area contributed by atoms with Crippen LogP contribution in [0.15, 0.2) is 18.2 Å². The minimum Gasteiger partial charge on any atom is -0.384 e. The van der Waals surface area contributed by atoms with Crippen LogP contribution in [0.5, 0.6) is 0 Å². The van der Waals surface area contributed by atoms with Gasteiger partial charge in [0.1, 0.15) is 11.6 Å². The standard InChI is InChI=1S/C19H33N3O/c1-2-3-4-5-6-7-8-9-10-11-12-16-19(23)22-18-15-13-14-17(20)21-18/h13-15H,2-12,16H2,1H3,(H3,20,21,22,23). The van der Waals surface area contributed by atoms with Crippen LogP contribution in [0.3, 0.4) is 0 Å². The van der Waals surface area contributed by atoms with Gasteiger partial charge in [-0.2, -0.15) is 0 Å². The average Bonchev–Trinajstić information content (AvgIpc) is 2.52. The number of nitrogens with one attached hydrogen (secondary N) is 1. The van der Waals surface area contributed by atoms with E-state index in [1.54, 1.807) is 18.2 Å². The molecule has 23 heavy (non-hydrogen) atoms. The van der Waals surface area contributed by atoms with Gasteiger partial charge >= 0.3 is 0 Å². The van der Waals surface area contributed by atoms with E-state index in [9.17, 15) is 4.79 Å². The molecule has 0 unspecified atom stereocenters. The van der Waals surface area contributed by atoms with Crippen molar-refractivity contribution in [3.05, 3.63) is 18.2 Å². The summed E-state index contributed by atoms with van der Waals surface area (Å²) in [7, 11) is 0. The predicted molar refractivity (Wildman–Crippen MR) is 98.4 cm³/mol. The third-order valence-corrected chi connectivity index (χ3v) is 4.05. The summed E-state index contributed by atoms with van der Waals surface area (Å²) >= 11 is 0. The first kappa shape index (κ1) is 19.5. The minimum absolute atomic E-state index is 0.0269. The Morgan fingerprint density at radius 1 is 0.957 bits per heavy atom. The van der Waals surface area contributed by atoms with Crippen LogP contribution in [0, 0.1) is 0 Å². The molecule has 0 radical (unpaired) electrons. The maximum Gasteiger partial charge on any atom is 0.225 e. The van der Waals surface area contributed by atoms with Gasteiger partial charge in [0.2, 0.25) is 5.91 Å². The minimum atomic E-state index is 0.0269. The molecule has 4 nitrogen and oxygen atoms in total. The molecule has 0 saturated carbocycles. The fraction of sp³-hybridized carbons (Fsp3) is 0.684. The second-order valence-electron chi connectivity index (χ2n) is 6.28. The zero-order valence-corrected chi connectivity index (χ0v) is 14.7. The van der Waals surface area contributed by atoms with E-state index in [0.717, 1.165) is 12.8 Å². The third-order valence-electron chi connectivity index (χ3n) is 4.05. The van der Waals surface area contributed by atoms with E-state index in [4.69, 9.17) is 5.73 Å². The summed E-state index contributed by atoms with van der Waals surface area (Å²) in [4.78, 5) is 15.9. The van der Waals surface area contributed by atoms with Crippen molar-refractivity contribution < 1.29 is 4.79 Å². The van der Waals surface area contributed by atoms with Gasteiger partial charge in [0.25, 0.3) is 0 Å². The highest BCUT2D eigenvalue weighted by atomic mass is 16.1. The van der Waals surface area contributed by atoms with Crippen molar-refractivity contribution in [2.24, 2.45) is 0 Å².